The maximum Gasteiger partial charge on any atom is 0.316 e. The van der Waals surface area contributed by atoms with Gasteiger partial charge in [0, 0.05) is 22.9 Å². The normalized spacial score (nSPS) is 20.2. The molecule has 3 aliphatic rings. The third kappa shape index (κ3) is 3.21. The molecule has 1 aromatic heterocycles. The lowest BCUT2D eigenvalue weighted by atomic mass is 9.64. The molecule has 0 bridgehead atoms. The quantitative estimate of drug-likeness (QED) is 0.730. The molecule has 2 aromatic rings. The fraction of sp³-hybridized carbons (Fsp3) is 0.542. The highest BCUT2D eigenvalue weighted by Gasteiger charge is 2.46. The molecule has 0 atom stereocenters. The van der Waals surface area contributed by atoms with Gasteiger partial charge in [-0.3, -0.25) is 4.79 Å². The Morgan fingerprint density at radius 3 is 2.45 bits per heavy atom. The number of hydrogen-bond donors (Lipinski definition) is 1. The van der Waals surface area contributed by atoms with Crippen LogP contribution in [0.15, 0.2) is 24.3 Å². The van der Waals surface area contributed by atoms with E-state index < -0.39 is 5.41 Å². The van der Waals surface area contributed by atoms with Gasteiger partial charge in [0.25, 0.3) is 0 Å². The van der Waals surface area contributed by atoms with E-state index in [0.29, 0.717) is 5.92 Å². The highest BCUT2D eigenvalue weighted by atomic mass is 16.5. The number of nitrogens with one attached hydrogen (secondary N) is 1. The lowest BCUT2D eigenvalue weighted by Crippen LogP contribution is -2.43. The molecule has 152 valence electrons. The van der Waals surface area contributed by atoms with Crippen molar-refractivity contribution in [2.75, 3.05) is 12.4 Å². The summed E-state index contributed by atoms with van der Waals surface area (Å²) in [7, 11) is 1.48. The molecule has 0 unspecified atom stereocenters. The minimum absolute atomic E-state index is 0.112. The zero-order chi connectivity index (χ0) is 19.8. The summed E-state index contributed by atoms with van der Waals surface area (Å²) < 4.78 is 5.08. The lowest BCUT2D eigenvalue weighted by molar-refractivity contribution is -0.151. The van der Waals surface area contributed by atoms with Crippen LogP contribution in [0.1, 0.15) is 79.9 Å². The van der Waals surface area contributed by atoms with Crippen LogP contribution in [0.4, 0.5) is 11.5 Å². The van der Waals surface area contributed by atoms with Crippen molar-refractivity contribution in [2.45, 2.75) is 75.5 Å². The second-order valence-corrected chi connectivity index (χ2v) is 8.82. The number of rotatable bonds is 5. The second kappa shape index (κ2) is 7.43. The van der Waals surface area contributed by atoms with Gasteiger partial charge < -0.3 is 10.1 Å². The van der Waals surface area contributed by atoms with Crippen LogP contribution in [0.5, 0.6) is 0 Å². The first kappa shape index (κ1) is 18.6. The summed E-state index contributed by atoms with van der Waals surface area (Å²) in [5, 5.41) is 3.56. The molecule has 2 fully saturated rings. The van der Waals surface area contributed by atoms with Crippen LogP contribution in [-0.2, 0) is 27.8 Å². The zero-order valence-electron chi connectivity index (χ0n) is 17.2. The van der Waals surface area contributed by atoms with Crippen LogP contribution in [-0.4, -0.2) is 23.0 Å². The molecule has 5 rings (SSSR count). The summed E-state index contributed by atoms with van der Waals surface area (Å²) in [6, 6.07) is 8.27. The van der Waals surface area contributed by atoms with Crippen LogP contribution < -0.4 is 5.32 Å². The Hall–Kier alpha value is -2.43. The monoisotopic (exact) mass is 391 g/mol. The van der Waals surface area contributed by atoms with Gasteiger partial charge in [-0.25, -0.2) is 9.97 Å². The van der Waals surface area contributed by atoms with Crippen LogP contribution >= 0.6 is 0 Å². The molecular weight excluding hydrogens is 362 g/mol. The minimum atomic E-state index is -0.445. The van der Waals surface area contributed by atoms with Crippen molar-refractivity contribution in [3.05, 3.63) is 46.9 Å². The number of fused-ring (bicyclic) bond motifs is 1. The van der Waals surface area contributed by atoms with Gasteiger partial charge in [-0.1, -0.05) is 31.4 Å². The number of aryl methyl sites for hydroxylation is 1. The number of anilines is 2. The van der Waals surface area contributed by atoms with Gasteiger partial charge in [-0.15, -0.1) is 0 Å². The van der Waals surface area contributed by atoms with Crippen LogP contribution in [0.2, 0.25) is 0 Å². The predicted molar refractivity (Wildman–Crippen MR) is 113 cm³/mol. The molecule has 1 aromatic carbocycles. The van der Waals surface area contributed by atoms with Crippen molar-refractivity contribution in [1.82, 2.24) is 9.97 Å². The van der Waals surface area contributed by atoms with Crippen LogP contribution in [0, 0.1) is 0 Å². The average Bonchev–Trinajstić information content (AvgIpc) is 3.40. The molecule has 3 aliphatic carbocycles. The van der Waals surface area contributed by atoms with E-state index in [1.165, 1.54) is 44.1 Å². The number of nitrogens with zero attached hydrogens (tertiary/aromatic N) is 2. The van der Waals surface area contributed by atoms with E-state index in [4.69, 9.17) is 14.7 Å². The Kier molecular flexibility index (Phi) is 4.76. The Morgan fingerprint density at radius 2 is 1.79 bits per heavy atom. The van der Waals surface area contributed by atoms with Crippen molar-refractivity contribution < 1.29 is 9.53 Å². The van der Waals surface area contributed by atoms with Gasteiger partial charge in [0.2, 0.25) is 0 Å². The number of hydrogen-bond acceptors (Lipinski definition) is 5. The molecule has 29 heavy (non-hydrogen) atoms. The molecule has 0 saturated heterocycles. The molecule has 0 radical (unpaired) electrons. The number of ether oxygens (including phenoxy) is 1. The van der Waals surface area contributed by atoms with Gasteiger partial charge in [-0.2, -0.15) is 0 Å². The lowest BCUT2D eigenvalue weighted by Gasteiger charge is -2.39. The first-order chi connectivity index (χ1) is 14.2. The summed E-state index contributed by atoms with van der Waals surface area (Å²) in [5.74, 6) is 2.41. The zero-order valence-corrected chi connectivity index (χ0v) is 17.2. The number of benzene rings is 1. The van der Waals surface area contributed by atoms with Gasteiger partial charge >= 0.3 is 5.97 Å². The summed E-state index contributed by atoms with van der Waals surface area (Å²) in [4.78, 5) is 22.2. The Bertz CT molecular complexity index is 912. The largest absolute Gasteiger partial charge is 0.468 e. The summed E-state index contributed by atoms with van der Waals surface area (Å²) in [5.41, 5.74) is 4.14. The van der Waals surface area contributed by atoms with E-state index in [2.05, 4.69) is 29.6 Å². The van der Waals surface area contributed by atoms with Crippen molar-refractivity contribution in [1.29, 1.82) is 0 Å². The third-order valence-electron chi connectivity index (χ3n) is 7.15. The number of methoxy groups -OCH3 is 1. The molecule has 2 saturated carbocycles. The SMILES string of the molecule is COC(=O)C1(c2ccc(Nc3nc(C4CCCC4)nc4c3CCC4)cc2)CCC1. The fourth-order valence-corrected chi connectivity index (χ4v) is 5.27. The summed E-state index contributed by atoms with van der Waals surface area (Å²) in [6.07, 6.45) is 11.1. The number of aromatic nitrogens is 2. The first-order valence-corrected chi connectivity index (χ1v) is 11.1. The Morgan fingerprint density at radius 1 is 1.03 bits per heavy atom. The van der Waals surface area contributed by atoms with Gasteiger partial charge in [-0.05, 0) is 62.6 Å². The van der Waals surface area contributed by atoms with Gasteiger partial charge in [0.15, 0.2) is 0 Å². The van der Waals surface area contributed by atoms with Crippen LogP contribution in [0.25, 0.3) is 0 Å². The molecule has 0 aliphatic heterocycles. The van der Waals surface area contributed by atoms with E-state index in [9.17, 15) is 4.79 Å². The average molecular weight is 392 g/mol. The maximum atomic E-state index is 12.3. The molecular formula is C24H29N3O2. The molecule has 0 amide bonds. The Balaban J connectivity index is 1.41. The standard InChI is InChI=1S/C24H29N3O2/c1-29-23(28)24(14-5-15-24)17-10-12-18(13-11-17)25-22-19-8-4-9-20(19)26-21(27-22)16-6-2-3-7-16/h10-13,16H,2-9,14-15H2,1H3,(H,25,26,27). The molecule has 5 heteroatoms. The smallest absolute Gasteiger partial charge is 0.316 e. The number of esters is 1. The van der Waals surface area contributed by atoms with E-state index in [1.807, 2.05) is 0 Å². The molecule has 1 N–H and O–H groups in total. The number of carbonyl (C=O) groups excluding carboxylic acids is 1. The maximum absolute atomic E-state index is 12.3. The number of carbonyl (C=O) groups is 1. The van der Waals surface area contributed by atoms with E-state index in [0.717, 1.165) is 61.4 Å². The van der Waals surface area contributed by atoms with E-state index in [1.54, 1.807) is 0 Å². The minimum Gasteiger partial charge on any atom is -0.468 e. The van der Waals surface area contributed by atoms with Crippen molar-refractivity contribution in [3.8, 4) is 0 Å². The van der Waals surface area contributed by atoms with Gasteiger partial charge in [0.05, 0.1) is 12.5 Å². The topological polar surface area (TPSA) is 64.1 Å². The summed E-state index contributed by atoms with van der Waals surface area (Å²) in [6.45, 7) is 0. The molecule has 0 spiro atoms. The fourth-order valence-electron chi connectivity index (χ4n) is 5.27. The highest BCUT2D eigenvalue weighted by molar-refractivity contribution is 5.84. The van der Waals surface area contributed by atoms with Crippen molar-refractivity contribution >= 4 is 17.5 Å². The van der Waals surface area contributed by atoms with Gasteiger partial charge in [0.1, 0.15) is 11.6 Å². The van der Waals surface area contributed by atoms with Crippen molar-refractivity contribution in [3.63, 3.8) is 0 Å². The van der Waals surface area contributed by atoms with E-state index in [-0.39, 0.29) is 5.97 Å². The first-order valence-electron chi connectivity index (χ1n) is 11.1. The summed E-state index contributed by atoms with van der Waals surface area (Å²) >= 11 is 0. The molecule has 1 heterocycles. The third-order valence-corrected chi connectivity index (χ3v) is 7.15. The van der Waals surface area contributed by atoms with Crippen LogP contribution in [0.3, 0.4) is 0 Å². The second-order valence-electron chi connectivity index (χ2n) is 8.82. The Labute approximate surface area is 172 Å². The van der Waals surface area contributed by atoms with Crippen molar-refractivity contribution in [2.24, 2.45) is 0 Å². The highest BCUT2D eigenvalue weighted by Crippen LogP contribution is 2.45. The predicted octanol–water partition coefficient (Wildman–Crippen LogP) is 4.96. The molecule has 5 nitrogen and oxygen atoms in total. The van der Waals surface area contributed by atoms with E-state index >= 15 is 0 Å².